The summed E-state index contributed by atoms with van der Waals surface area (Å²) in [5.41, 5.74) is 1.80. The van der Waals surface area contributed by atoms with Crippen LogP contribution in [0.5, 0.6) is 0 Å². The number of carbonyl (C=O) groups is 1. The maximum atomic E-state index is 12.3. The number of carbonyl (C=O) groups excluding carboxylic acids is 1. The largest absolute Gasteiger partial charge is 0.360 e. The molecular weight excluding hydrogens is 236 g/mol. The van der Waals surface area contributed by atoms with Crippen molar-refractivity contribution in [1.29, 1.82) is 0 Å². The van der Waals surface area contributed by atoms with Crippen LogP contribution >= 0.6 is 0 Å². The molecule has 1 aliphatic carbocycles. The third kappa shape index (κ3) is 2.70. The van der Waals surface area contributed by atoms with Crippen LogP contribution in [-0.2, 0) is 0 Å². The third-order valence-electron chi connectivity index (χ3n) is 4.29. The van der Waals surface area contributed by atoms with Crippen LogP contribution in [0.1, 0.15) is 55.3 Å². The van der Waals surface area contributed by atoms with E-state index in [1.165, 1.54) is 32.1 Å². The van der Waals surface area contributed by atoms with Crippen molar-refractivity contribution in [3.8, 4) is 0 Å². The number of hydrogen-bond donors (Lipinski definition) is 1. The van der Waals surface area contributed by atoms with E-state index < -0.39 is 0 Å². The highest BCUT2D eigenvalue weighted by molar-refractivity contribution is 6.07. The molecular formula is C16H20N2O. The van der Waals surface area contributed by atoms with Crippen molar-refractivity contribution in [3.63, 3.8) is 0 Å². The lowest BCUT2D eigenvalue weighted by Crippen LogP contribution is -2.09. The maximum absolute atomic E-state index is 12.3. The van der Waals surface area contributed by atoms with Crippen molar-refractivity contribution in [1.82, 2.24) is 9.97 Å². The molecule has 0 atom stereocenters. The molecule has 1 saturated carbocycles. The SMILES string of the molecule is O=C(CCC1CCCCC1)c1c[nH]c2ccncc12. The number of ketones is 1. The summed E-state index contributed by atoms with van der Waals surface area (Å²) in [6.07, 6.45) is 13.7. The van der Waals surface area contributed by atoms with E-state index in [4.69, 9.17) is 0 Å². The summed E-state index contributed by atoms with van der Waals surface area (Å²) in [4.78, 5) is 19.6. The summed E-state index contributed by atoms with van der Waals surface area (Å²) >= 11 is 0. The second-order valence-corrected chi connectivity index (χ2v) is 5.59. The first kappa shape index (κ1) is 12.4. The van der Waals surface area contributed by atoms with Crippen molar-refractivity contribution in [3.05, 3.63) is 30.2 Å². The minimum Gasteiger partial charge on any atom is -0.360 e. The second kappa shape index (κ2) is 5.55. The smallest absolute Gasteiger partial charge is 0.165 e. The highest BCUT2D eigenvalue weighted by Crippen LogP contribution is 2.28. The van der Waals surface area contributed by atoms with Crippen molar-refractivity contribution < 1.29 is 4.79 Å². The average Bonchev–Trinajstić information content (AvgIpc) is 2.90. The summed E-state index contributed by atoms with van der Waals surface area (Å²) in [6, 6.07) is 1.91. The zero-order valence-electron chi connectivity index (χ0n) is 11.2. The van der Waals surface area contributed by atoms with Crippen LogP contribution in [0.4, 0.5) is 0 Å². The zero-order chi connectivity index (χ0) is 13.1. The Hall–Kier alpha value is -1.64. The molecule has 0 aliphatic heterocycles. The van der Waals surface area contributed by atoms with Crippen LogP contribution in [0.3, 0.4) is 0 Å². The summed E-state index contributed by atoms with van der Waals surface area (Å²) < 4.78 is 0. The summed E-state index contributed by atoms with van der Waals surface area (Å²) in [5, 5.41) is 0.955. The number of aromatic nitrogens is 2. The first-order valence-electron chi connectivity index (χ1n) is 7.29. The van der Waals surface area contributed by atoms with E-state index >= 15 is 0 Å². The summed E-state index contributed by atoms with van der Waals surface area (Å²) in [6.45, 7) is 0. The van der Waals surface area contributed by atoms with E-state index in [1.807, 2.05) is 12.3 Å². The number of nitrogens with zero attached hydrogens (tertiary/aromatic N) is 1. The predicted molar refractivity (Wildman–Crippen MR) is 76.2 cm³/mol. The van der Waals surface area contributed by atoms with Crippen molar-refractivity contribution in [2.75, 3.05) is 0 Å². The molecule has 19 heavy (non-hydrogen) atoms. The molecule has 2 aromatic heterocycles. The lowest BCUT2D eigenvalue weighted by molar-refractivity contribution is 0.0972. The van der Waals surface area contributed by atoms with Crippen molar-refractivity contribution in [2.24, 2.45) is 5.92 Å². The van der Waals surface area contributed by atoms with Crippen LogP contribution in [0.15, 0.2) is 24.7 Å². The molecule has 1 fully saturated rings. The van der Waals surface area contributed by atoms with Gasteiger partial charge in [-0.1, -0.05) is 32.1 Å². The lowest BCUT2D eigenvalue weighted by Gasteiger charge is -2.20. The standard InChI is InChI=1S/C16H20N2O/c19-16(7-6-12-4-2-1-3-5-12)14-11-18-15-8-9-17-10-13(14)15/h8-12,18H,1-7H2. The van der Waals surface area contributed by atoms with Crippen molar-refractivity contribution in [2.45, 2.75) is 44.9 Å². The molecule has 3 rings (SSSR count). The first-order chi connectivity index (χ1) is 9.34. The van der Waals surface area contributed by atoms with Gasteiger partial charge in [-0.05, 0) is 18.4 Å². The molecule has 0 aromatic carbocycles. The topological polar surface area (TPSA) is 45.8 Å². The van der Waals surface area contributed by atoms with Crippen LogP contribution in [0.25, 0.3) is 10.9 Å². The maximum Gasteiger partial charge on any atom is 0.165 e. The minimum atomic E-state index is 0.254. The van der Waals surface area contributed by atoms with Gasteiger partial charge < -0.3 is 4.98 Å². The van der Waals surface area contributed by atoms with Crippen molar-refractivity contribution >= 4 is 16.7 Å². The fraction of sp³-hybridized carbons (Fsp3) is 0.500. The van der Waals surface area contributed by atoms with E-state index in [2.05, 4.69) is 9.97 Å². The van der Waals surface area contributed by atoms with Gasteiger partial charge in [-0.2, -0.15) is 0 Å². The highest BCUT2D eigenvalue weighted by atomic mass is 16.1. The molecule has 3 heteroatoms. The number of H-pyrrole nitrogens is 1. The third-order valence-corrected chi connectivity index (χ3v) is 4.29. The van der Waals surface area contributed by atoms with Gasteiger partial charge in [-0.3, -0.25) is 9.78 Å². The van der Waals surface area contributed by atoms with E-state index in [-0.39, 0.29) is 5.78 Å². The van der Waals surface area contributed by atoms with E-state index in [0.717, 1.165) is 28.8 Å². The number of nitrogens with one attached hydrogen (secondary N) is 1. The summed E-state index contributed by atoms with van der Waals surface area (Å²) in [5.74, 6) is 1.02. The molecule has 0 radical (unpaired) electrons. The molecule has 3 nitrogen and oxygen atoms in total. The van der Waals surface area contributed by atoms with Gasteiger partial charge in [0.25, 0.3) is 0 Å². The number of aromatic amines is 1. The monoisotopic (exact) mass is 256 g/mol. The number of pyridine rings is 1. The Morgan fingerprint density at radius 2 is 2.16 bits per heavy atom. The summed E-state index contributed by atoms with van der Waals surface area (Å²) in [7, 11) is 0. The predicted octanol–water partition coefficient (Wildman–Crippen LogP) is 4.11. The highest BCUT2D eigenvalue weighted by Gasteiger charge is 2.17. The van der Waals surface area contributed by atoms with E-state index in [9.17, 15) is 4.79 Å². The molecule has 0 unspecified atom stereocenters. The van der Waals surface area contributed by atoms with Gasteiger partial charge >= 0.3 is 0 Å². The Morgan fingerprint density at radius 3 is 3.00 bits per heavy atom. The Kier molecular flexibility index (Phi) is 3.62. The van der Waals surface area contributed by atoms with E-state index in [1.54, 1.807) is 12.4 Å². The molecule has 2 aromatic rings. The quantitative estimate of drug-likeness (QED) is 0.837. The van der Waals surface area contributed by atoms with Gasteiger partial charge in [-0.25, -0.2) is 0 Å². The van der Waals surface area contributed by atoms with E-state index in [0.29, 0.717) is 6.42 Å². The molecule has 1 N–H and O–H groups in total. The van der Waals surface area contributed by atoms with Crippen LogP contribution in [0.2, 0.25) is 0 Å². The molecule has 2 heterocycles. The molecule has 1 aliphatic rings. The van der Waals surface area contributed by atoms with Gasteiger partial charge in [0.2, 0.25) is 0 Å². The van der Waals surface area contributed by atoms with Gasteiger partial charge in [0.05, 0.1) is 0 Å². The van der Waals surface area contributed by atoms with Crippen LogP contribution in [0, 0.1) is 5.92 Å². The Balaban J connectivity index is 1.66. The molecule has 0 amide bonds. The van der Waals surface area contributed by atoms with Gasteiger partial charge in [0.15, 0.2) is 5.78 Å². The number of rotatable bonds is 4. The molecule has 100 valence electrons. The Bertz CT molecular complexity index is 567. The zero-order valence-corrected chi connectivity index (χ0v) is 11.2. The minimum absolute atomic E-state index is 0.254. The number of Topliss-reactive ketones (excluding diaryl/α,β-unsaturated/α-hetero) is 1. The Labute approximate surface area is 113 Å². The van der Waals surface area contributed by atoms with Gasteiger partial charge in [-0.15, -0.1) is 0 Å². The first-order valence-corrected chi connectivity index (χ1v) is 7.29. The van der Waals surface area contributed by atoms with Crippen LogP contribution in [-0.4, -0.2) is 15.8 Å². The van der Waals surface area contributed by atoms with Gasteiger partial charge in [0.1, 0.15) is 0 Å². The molecule has 0 saturated heterocycles. The van der Waals surface area contributed by atoms with Gasteiger partial charge in [0, 0.05) is 41.5 Å². The lowest BCUT2D eigenvalue weighted by atomic mass is 9.85. The Morgan fingerprint density at radius 1 is 1.32 bits per heavy atom. The second-order valence-electron chi connectivity index (χ2n) is 5.59. The molecule has 0 spiro atoms. The fourth-order valence-corrected chi connectivity index (χ4v) is 3.14. The van der Waals surface area contributed by atoms with Crippen LogP contribution < -0.4 is 0 Å². The molecule has 0 bridgehead atoms. The normalized spacial score (nSPS) is 16.8. The fourth-order valence-electron chi connectivity index (χ4n) is 3.14. The average molecular weight is 256 g/mol. The number of fused-ring (bicyclic) bond motifs is 1. The number of hydrogen-bond acceptors (Lipinski definition) is 2.